The first-order valence-corrected chi connectivity index (χ1v) is 6.67. The van der Waals surface area contributed by atoms with Crippen molar-refractivity contribution in [2.24, 2.45) is 0 Å². The molecule has 3 rings (SSSR count). The predicted molar refractivity (Wildman–Crippen MR) is 70.7 cm³/mol. The predicted octanol–water partition coefficient (Wildman–Crippen LogP) is 2.04. The lowest BCUT2D eigenvalue weighted by Crippen LogP contribution is -2.41. The molecule has 1 N–H and O–H groups in total. The van der Waals surface area contributed by atoms with E-state index in [1.807, 2.05) is 7.05 Å². The molecule has 1 aliphatic carbocycles. The van der Waals surface area contributed by atoms with Crippen molar-refractivity contribution in [2.75, 3.05) is 7.05 Å². The highest BCUT2D eigenvalue weighted by molar-refractivity contribution is 5.30. The van der Waals surface area contributed by atoms with Crippen LogP contribution < -0.4 is 5.32 Å². The monoisotopic (exact) mass is 241 g/mol. The molecule has 1 aromatic carbocycles. The lowest BCUT2D eigenvalue weighted by Gasteiger charge is -2.25. The van der Waals surface area contributed by atoms with Crippen LogP contribution in [0.3, 0.4) is 0 Å². The van der Waals surface area contributed by atoms with Crippen LogP contribution in [0, 0.1) is 11.3 Å². The van der Waals surface area contributed by atoms with Gasteiger partial charge in [-0.25, -0.2) is 0 Å². The maximum absolute atomic E-state index is 9.32. The third-order valence-electron chi connectivity index (χ3n) is 4.56. The summed E-state index contributed by atoms with van der Waals surface area (Å²) < 4.78 is 0. The Morgan fingerprint density at radius 1 is 1.33 bits per heavy atom. The molecule has 1 aliphatic heterocycles. The number of benzene rings is 1. The maximum Gasteiger partial charge on any atom is 0.108 e. The standard InChI is InChI=1S/C15H19N3/c1-17-15(11-16)7-6-14(8-15)18-9-12-4-2-3-5-13(12)10-18/h2-5,14,17H,6-10H2,1H3. The fraction of sp³-hybridized carbons (Fsp3) is 0.533. The summed E-state index contributed by atoms with van der Waals surface area (Å²) in [5.41, 5.74) is 2.62. The molecule has 2 unspecified atom stereocenters. The van der Waals surface area contributed by atoms with Crippen molar-refractivity contribution in [1.29, 1.82) is 5.26 Å². The van der Waals surface area contributed by atoms with E-state index in [1.165, 1.54) is 11.1 Å². The largest absolute Gasteiger partial charge is 0.302 e. The van der Waals surface area contributed by atoms with E-state index in [4.69, 9.17) is 0 Å². The number of nitrogens with zero attached hydrogens (tertiary/aromatic N) is 2. The lowest BCUT2D eigenvalue weighted by atomic mass is 10.00. The van der Waals surface area contributed by atoms with Gasteiger partial charge in [-0.3, -0.25) is 4.90 Å². The van der Waals surface area contributed by atoms with Gasteiger partial charge in [-0.05, 0) is 37.4 Å². The quantitative estimate of drug-likeness (QED) is 0.861. The fourth-order valence-electron chi connectivity index (χ4n) is 3.33. The van der Waals surface area contributed by atoms with Gasteiger partial charge in [-0.2, -0.15) is 5.26 Å². The van der Waals surface area contributed by atoms with Crippen molar-refractivity contribution in [3.63, 3.8) is 0 Å². The molecule has 0 aromatic heterocycles. The molecule has 2 aliphatic rings. The zero-order valence-electron chi connectivity index (χ0n) is 10.8. The minimum absolute atomic E-state index is 0.292. The summed E-state index contributed by atoms with van der Waals surface area (Å²) in [7, 11) is 1.91. The zero-order chi connectivity index (χ0) is 12.6. The van der Waals surface area contributed by atoms with Gasteiger partial charge < -0.3 is 5.32 Å². The first-order valence-electron chi connectivity index (χ1n) is 6.67. The molecule has 3 heteroatoms. The van der Waals surface area contributed by atoms with Crippen LogP contribution in [0.4, 0.5) is 0 Å². The Labute approximate surface area is 108 Å². The normalized spacial score (nSPS) is 31.2. The summed E-state index contributed by atoms with van der Waals surface area (Å²) in [6, 6.07) is 11.7. The van der Waals surface area contributed by atoms with Gasteiger partial charge in [0.1, 0.15) is 5.54 Å². The van der Waals surface area contributed by atoms with Gasteiger partial charge >= 0.3 is 0 Å². The summed E-state index contributed by atoms with van der Waals surface area (Å²) in [5.74, 6) is 0. The third kappa shape index (κ3) is 1.82. The van der Waals surface area contributed by atoms with Crippen molar-refractivity contribution in [1.82, 2.24) is 10.2 Å². The molecular weight excluding hydrogens is 222 g/mol. The van der Waals surface area contributed by atoms with Gasteiger partial charge in [0, 0.05) is 19.1 Å². The summed E-state index contributed by atoms with van der Waals surface area (Å²) in [5, 5.41) is 12.5. The first-order chi connectivity index (χ1) is 8.76. The molecule has 0 bridgehead atoms. The van der Waals surface area contributed by atoms with Crippen molar-refractivity contribution >= 4 is 0 Å². The Balaban J connectivity index is 1.72. The maximum atomic E-state index is 9.32. The molecule has 18 heavy (non-hydrogen) atoms. The zero-order valence-corrected chi connectivity index (χ0v) is 10.8. The van der Waals surface area contributed by atoms with Gasteiger partial charge in [0.2, 0.25) is 0 Å². The number of nitriles is 1. The van der Waals surface area contributed by atoms with E-state index in [0.717, 1.165) is 32.4 Å². The SMILES string of the molecule is CNC1(C#N)CCC(N2Cc3ccccc3C2)C1. The summed E-state index contributed by atoms with van der Waals surface area (Å²) in [6.45, 7) is 2.10. The number of rotatable bonds is 2. The Hall–Kier alpha value is -1.37. The van der Waals surface area contributed by atoms with Gasteiger partial charge in [-0.15, -0.1) is 0 Å². The van der Waals surface area contributed by atoms with Crippen LogP contribution in [0.15, 0.2) is 24.3 Å². The molecule has 0 saturated heterocycles. The molecule has 1 saturated carbocycles. The van der Waals surface area contributed by atoms with Crippen LogP contribution in [-0.2, 0) is 13.1 Å². The van der Waals surface area contributed by atoms with Gasteiger partial charge in [0.15, 0.2) is 0 Å². The second-order valence-electron chi connectivity index (χ2n) is 5.51. The Morgan fingerprint density at radius 2 is 2.00 bits per heavy atom. The topological polar surface area (TPSA) is 39.1 Å². The van der Waals surface area contributed by atoms with Crippen molar-refractivity contribution in [3.8, 4) is 6.07 Å². The van der Waals surface area contributed by atoms with Crippen molar-refractivity contribution < 1.29 is 0 Å². The molecule has 0 amide bonds. The number of nitrogens with one attached hydrogen (secondary N) is 1. The smallest absolute Gasteiger partial charge is 0.108 e. The minimum atomic E-state index is -0.292. The van der Waals surface area contributed by atoms with E-state index in [2.05, 4.69) is 40.6 Å². The van der Waals surface area contributed by atoms with E-state index in [9.17, 15) is 5.26 Å². The van der Waals surface area contributed by atoms with E-state index in [-0.39, 0.29) is 5.54 Å². The molecule has 2 atom stereocenters. The molecule has 3 nitrogen and oxygen atoms in total. The molecule has 0 radical (unpaired) electrons. The van der Waals surface area contributed by atoms with E-state index < -0.39 is 0 Å². The van der Waals surface area contributed by atoms with Crippen molar-refractivity contribution in [2.45, 2.75) is 43.9 Å². The Morgan fingerprint density at radius 3 is 2.50 bits per heavy atom. The second kappa shape index (κ2) is 4.38. The Bertz CT molecular complexity index is 466. The molecule has 1 aromatic rings. The Kier molecular flexibility index (Phi) is 2.85. The molecule has 1 heterocycles. The first kappa shape index (κ1) is 11.7. The van der Waals surface area contributed by atoms with Crippen LogP contribution in [-0.4, -0.2) is 23.5 Å². The highest BCUT2D eigenvalue weighted by Gasteiger charge is 2.41. The van der Waals surface area contributed by atoms with Crippen LogP contribution in [0.25, 0.3) is 0 Å². The van der Waals surface area contributed by atoms with Crippen LogP contribution in [0.1, 0.15) is 30.4 Å². The van der Waals surface area contributed by atoms with E-state index in [0.29, 0.717) is 6.04 Å². The lowest BCUT2D eigenvalue weighted by molar-refractivity contribution is 0.195. The fourth-order valence-corrected chi connectivity index (χ4v) is 3.33. The van der Waals surface area contributed by atoms with Gasteiger partial charge in [0.25, 0.3) is 0 Å². The van der Waals surface area contributed by atoms with Crippen molar-refractivity contribution in [3.05, 3.63) is 35.4 Å². The number of fused-ring (bicyclic) bond motifs is 1. The van der Waals surface area contributed by atoms with Gasteiger partial charge in [-0.1, -0.05) is 24.3 Å². The van der Waals surface area contributed by atoms with Crippen LogP contribution >= 0.6 is 0 Å². The number of hydrogen-bond donors (Lipinski definition) is 1. The average Bonchev–Trinajstić information content (AvgIpc) is 3.03. The third-order valence-corrected chi connectivity index (χ3v) is 4.56. The van der Waals surface area contributed by atoms with E-state index in [1.54, 1.807) is 0 Å². The highest BCUT2D eigenvalue weighted by atomic mass is 15.2. The molecule has 94 valence electrons. The molecule has 0 spiro atoms. The minimum Gasteiger partial charge on any atom is -0.302 e. The van der Waals surface area contributed by atoms with Gasteiger partial charge in [0.05, 0.1) is 6.07 Å². The molecule has 1 fully saturated rings. The summed E-state index contributed by atoms with van der Waals surface area (Å²) in [4.78, 5) is 2.53. The van der Waals surface area contributed by atoms with Crippen LogP contribution in [0.2, 0.25) is 0 Å². The van der Waals surface area contributed by atoms with Crippen LogP contribution in [0.5, 0.6) is 0 Å². The summed E-state index contributed by atoms with van der Waals surface area (Å²) >= 11 is 0. The molecular formula is C15H19N3. The van der Waals surface area contributed by atoms with E-state index >= 15 is 0 Å². The summed E-state index contributed by atoms with van der Waals surface area (Å²) in [6.07, 6.45) is 3.05. The highest BCUT2D eigenvalue weighted by Crippen LogP contribution is 2.36. The average molecular weight is 241 g/mol. The second-order valence-corrected chi connectivity index (χ2v) is 5.51. The number of hydrogen-bond acceptors (Lipinski definition) is 3.